The molecule has 0 spiro atoms. The fraction of sp³-hybridized carbons (Fsp3) is 0.789. The minimum absolute atomic E-state index is 0.189. The number of carbonyl (C=O) groups is 2. The molecule has 0 aromatic heterocycles. The molecule has 2 saturated carbocycles. The minimum Gasteiger partial charge on any atom is -0.299 e. The molecule has 0 aromatic carbocycles. The largest absolute Gasteiger partial charge is 0.299 e. The number of hydrogen-bond acceptors (Lipinski definition) is 2. The molecular formula is C19H28O2. The van der Waals surface area contributed by atoms with Crippen molar-refractivity contribution in [3.8, 4) is 0 Å². The Morgan fingerprint density at radius 3 is 2.67 bits per heavy atom. The first-order valence-electron chi connectivity index (χ1n) is 8.55. The summed E-state index contributed by atoms with van der Waals surface area (Å²) >= 11 is 0. The van der Waals surface area contributed by atoms with E-state index in [9.17, 15) is 9.59 Å². The molecule has 2 heteroatoms. The van der Waals surface area contributed by atoms with Gasteiger partial charge in [0.1, 0.15) is 12.1 Å². The van der Waals surface area contributed by atoms with Crippen molar-refractivity contribution < 1.29 is 9.59 Å². The van der Waals surface area contributed by atoms with E-state index in [2.05, 4.69) is 26.8 Å². The molecule has 3 aliphatic rings. The van der Waals surface area contributed by atoms with Crippen LogP contribution in [0.3, 0.4) is 0 Å². The van der Waals surface area contributed by atoms with Gasteiger partial charge in [-0.3, -0.25) is 9.59 Å². The molecule has 0 amide bonds. The summed E-state index contributed by atoms with van der Waals surface area (Å²) in [5.74, 6) is 1.67. The van der Waals surface area contributed by atoms with Gasteiger partial charge in [-0.1, -0.05) is 33.3 Å². The number of allylic oxidation sites excluding steroid dienone is 2. The number of fused-ring (bicyclic) bond motifs is 3. The van der Waals surface area contributed by atoms with E-state index >= 15 is 0 Å². The van der Waals surface area contributed by atoms with Crippen LogP contribution in [-0.4, -0.2) is 12.1 Å². The van der Waals surface area contributed by atoms with Crippen molar-refractivity contribution in [1.82, 2.24) is 0 Å². The maximum absolute atomic E-state index is 12.6. The molecule has 2 fully saturated rings. The molecule has 4 unspecified atom stereocenters. The van der Waals surface area contributed by atoms with E-state index in [1.165, 1.54) is 25.7 Å². The molecule has 0 N–H and O–H groups in total. The quantitative estimate of drug-likeness (QED) is 0.673. The average molecular weight is 288 g/mol. The van der Waals surface area contributed by atoms with Crippen molar-refractivity contribution in [2.24, 2.45) is 28.6 Å². The highest BCUT2D eigenvalue weighted by Gasteiger charge is 2.55. The highest BCUT2D eigenvalue weighted by molar-refractivity contribution is 5.91. The van der Waals surface area contributed by atoms with Gasteiger partial charge in [-0.15, -0.1) is 0 Å². The summed E-state index contributed by atoms with van der Waals surface area (Å²) in [6, 6.07) is 0. The van der Waals surface area contributed by atoms with Crippen LogP contribution in [0.25, 0.3) is 0 Å². The molecule has 3 rings (SSSR count). The van der Waals surface area contributed by atoms with Gasteiger partial charge >= 0.3 is 0 Å². The Balaban J connectivity index is 1.97. The zero-order valence-electron chi connectivity index (χ0n) is 13.7. The van der Waals surface area contributed by atoms with Crippen molar-refractivity contribution in [2.75, 3.05) is 0 Å². The number of ketones is 1. The van der Waals surface area contributed by atoms with Gasteiger partial charge in [0.15, 0.2) is 0 Å². The molecule has 0 bridgehead atoms. The third-order valence-corrected chi connectivity index (χ3v) is 6.95. The fourth-order valence-corrected chi connectivity index (χ4v) is 5.93. The first kappa shape index (κ1) is 15.0. The Morgan fingerprint density at radius 1 is 1.19 bits per heavy atom. The molecule has 0 aliphatic heterocycles. The zero-order chi connectivity index (χ0) is 15.3. The van der Waals surface area contributed by atoms with E-state index in [0.29, 0.717) is 29.1 Å². The van der Waals surface area contributed by atoms with E-state index in [1.54, 1.807) is 0 Å². The van der Waals surface area contributed by atoms with Crippen molar-refractivity contribution >= 4 is 12.1 Å². The van der Waals surface area contributed by atoms with Crippen molar-refractivity contribution in [3.05, 3.63) is 11.6 Å². The lowest BCUT2D eigenvalue weighted by atomic mass is 9.46. The second-order valence-corrected chi connectivity index (χ2v) is 8.47. The maximum atomic E-state index is 12.6. The van der Waals surface area contributed by atoms with Crippen LogP contribution in [0.4, 0.5) is 0 Å². The summed E-state index contributed by atoms with van der Waals surface area (Å²) in [6.07, 6.45) is 10.3. The second kappa shape index (κ2) is 5.07. The second-order valence-electron chi connectivity index (χ2n) is 8.47. The number of carbonyl (C=O) groups excluding carboxylic acids is 2. The Morgan fingerprint density at radius 2 is 1.95 bits per heavy atom. The summed E-state index contributed by atoms with van der Waals surface area (Å²) in [5, 5.41) is 0. The van der Waals surface area contributed by atoms with Gasteiger partial charge in [-0.05, 0) is 60.3 Å². The van der Waals surface area contributed by atoms with Gasteiger partial charge in [0.2, 0.25) is 0 Å². The molecule has 0 heterocycles. The standard InChI is InChI=1S/C19H28O2/c1-18(2)9-4-10-19(3)15-7-5-13(12-20)11-16(21)14(15)6-8-17(18)19/h5,12,14-15,17H,4,6-11H2,1-3H3. The third-order valence-electron chi connectivity index (χ3n) is 6.95. The van der Waals surface area contributed by atoms with Gasteiger partial charge in [0.05, 0.1) is 0 Å². The number of aldehydes is 1. The average Bonchev–Trinajstić information content (AvgIpc) is 2.58. The van der Waals surface area contributed by atoms with Crippen LogP contribution in [0.5, 0.6) is 0 Å². The number of hydrogen-bond donors (Lipinski definition) is 0. The van der Waals surface area contributed by atoms with E-state index in [0.717, 1.165) is 25.0 Å². The highest BCUT2D eigenvalue weighted by atomic mass is 16.1. The van der Waals surface area contributed by atoms with E-state index < -0.39 is 0 Å². The SMILES string of the molecule is CC1(C)CCCC2(C)C3CC=C(C=O)CC(=O)C3CCC12. The lowest BCUT2D eigenvalue weighted by Crippen LogP contribution is -2.52. The van der Waals surface area contributed by atoms with Crippen LogP contribution in [0.15, 0.2) is 11.6 Å². The number of rotatable bonds is 1. The first-order chi connectivity index (χ1) is 9.88. The lowest BCUT2D eigenvalue weighted by Gasteiger charge is -2.59. The lowest BCUT2D eigenvalue weighted by molar-refractivity contribution is -0.138. The van der Waals surface area contributed by atoms with Gasteiger partial charge < -0.3 is 0 Å². The number of Topliss-reactive ketones (excluding diaryl/α,β-unsaturated/α-hetero) is 1. The summed E-state index contributed by atoms with van der Waals surface area (Å²) in [5.41, 5.74) is 1.38. The van der Waals surface area contributed by atoms with Crippen molar-refractivity contribution in [2.45, 2.75) is 65.7 Å². The molecule has 116 valence electrons. The molecule has 4 atom stereocenters. The topological polar surface area (TPSA) is 34.1 Å². The van der Waals surface area contributed by atoms with Gasteiger partial charge in [-0.25, -0.2) is 0 Å². The van der Waals surface area contributed by atoms with Gasteiger partial charge in [0.25, 0.3) is 0 Å². The highest BCUT2D eigenvalue weighted by Crippen LogP contribution is 2.62. The summed E-state index contributed by atoms with van der Waals surface area (Å²) < 4.78 is 0. The van der Waals surface area contributed by atoms with E-state index in [4.69, 9.17) is 0 Å². The van der Waals surface area contributed by atoms with Crippen LogP contribution in [0.1, 0.15) is 65.7 Å². The van der Waals surface area contributed by atoms with Crippen LogP contribution in [-0.2, 0) is 9.59 Å². The fourth-order valence-electron chi connectivity index (χ4n) is 5.93. The first-order valence-corrected chi connectivity index (χ1v) is 8.55. The maximum Gasteiger partial charge on any atom is 0.146 e. The summed E-state index contributed by atoms with van der Waals surface area (Å²) in [6.45, 7) is 7.27. The van der Waals surface area contributed by atoms with Crippen LogP contribution in [0, 0.1) is 28.6 Å². The molecule has 0 radical (unpaired) electrons. The van der Waals surface area contributed by atoms with E-state index in [1.807, 2.05) is 0 Å². The van der Waals surface area contributed by atoms with Crippen LogP contribution in [0.2, 0.25) is 0 Å². The summed E-state index contributed by atoms with van der Waals surface area (Å²) in [4.78, 5) is 23.7. The monoisotopic (exact) mass is 288 g/mol. The third kappa shape index (κ3) is 2.31. The smallest absolute Gasteiger partial charge is 0.146 e. The Kier molecular flexibility index (Phi) is 3.62. The van der Waals surface area contributed by atoms with Gasteiger partial charge in [-0.2, -0.15) is 0 Å². The van der Waals surface area contributed by atoms with Crippen molar-refractivity contribution in [3.63, 3.8) is 0 Å². The molecule has 2 nitrogen and oxygen atoms in total. The molecule has 3 aliphatic carbocycles. The van der Waals surface area contributed by atoms with E-state index in [-0.39, 0.29) is 11.3 Å². The Hall–Kier alpha value is -0.920. The minimum atomic E-state index is 0.189. The molecule has 0 aromatic rings. The summed E-state index contributed by atoms with van der Waals surface area (Å²) in [7, 11) is 0. The predicted octanol–water partition coefficient (Wildman–Crippen LogP) is 4.33. The molecule has 21 heavy (non-hydrogen) atoms. The normalized spacial score (nSPS) is 42.3. The van der Waals surface area contributed by atoms with Crippen LogP contribution >= 0.6 is 0 Å². The van der Waals surface area contributed by atoms with Gasteiger partial charge in [0, 0.05) is 12.3 Å². The molecule has 0 saturated heterocycles. The molecular weight excluding hydrogens is 260 g/mol. The Labute approximate surface area is 128 Å². The van der Waals surface area contributed by atoms with Crippen LogP contribution < -0.4 is 0 Å². The zero-order valence-corrected chi connectivity index (χ0v) is 13.7. The van der Waals surface area contributed by atoms with Crippen molar-refractivity contribution in [1.29, 1.82) is 0 Å². The Bertz CT molecular complexity index is 488. The predicted molar refractivity (Wildman–Crippen MR) is 83.8 cm³/mol.